The van der Waals surface area contributed by atoms with Crippen molar-refractivity contribution in [3.05, 3.63) is 63.7 Å². The Bertz CT molecular complexity index is 604. The normalized spacial score (nSPS) is 10.2. The zero-order valence-corrected chi connectivity index (χ0v) is 11.6. The first-order valence-corrected chi connectivity index (χ1v) is 6.37. The van der Waals surface area contributed by atoms with Crippen LogP contribution in [0.5, 0.6) is 11.5 Å². The average molecular weight is 288 g/mol. The molecule has 2 N–H and O–H groups in total. The summed E-state index contributed by atoms with van der Waals surface area (Å²) in [5.74, 6) is 1.21. The van der Waals surface area contributed by atoms with Crippen LogP contribution in [0, 0.1) is 10.1 Å². The molecular formula is C15H16N2O4. The summed E-state index contributed by atoms with van der Waals surface area (Å²) in [6.45, 7) is 0.623. The molecule has 0 aliphatic heterocycles. The summed E-state index contributed by atoms with van der Waals surface area (Å²) in [7, 11) is 1.56. The number of hydrogen-bond acceptors (Lipinski definition) is 5. The minimum absolute atomic E-state index is 0.0543. The first-order chi connectivity index (χ1) is 10.2. The van der Waals surface area contributed by atoms with Gasteiger partial charge in [0, 0.05) is 24.2 Å². The Hall–Kier alpha value is -2.60. The van der Waals surface area contributed by atoms with Gasteiger partial charge in [-0.3, -0.25) is 10.1 Å². The molecule has 0 amide bonds. The molecule has 0 aliphatic rings. The fourth-order valence-corrected chi connectivity index (χ4v) is 1.92. The third kappa shape index (κ3) is 3.49. The summed E-state index contributed by atoms with van der Waals surface area (Å²) < 4.78 is 11.0. The molecule has 0 aliphatic carbocycles. The number of nitrogens with zero attached hydrogens (tertiary/aromatic N) is 1. The van der Waals surface area contributed by atoms with Crippen molar-refractivity contribution in [2.24, 2.45) is 5.73 Å². The first kappa shape index (κ1) is 14.8. The van der Waals surface area contributed by atoms with Crippen molar-refractivity contribution in [2.45, 2.75) is 13.2 Å². The lowest BCUT2D eigenvalue weighted by atomic mass is 10.2. The largest absolute Gasteiger partial charge is 0.493 e. The van der Waals surface area contributed by atoms with Gasteiger partial charge >= 0.3 is 0 Å². The third-order valence-electron chi connectivity index (χ3n) is 3.03. The fourth-order valence-electron chi connectivity index (χ4n) is 1.92. The van der Waals surface area contributed by atoms with E-state index in [9.17, 15) is 10.1 Å². The maximum atomic E-state index is 10.6. The second kappa shape index (κ2) is 6.71. The molecule has 110 valence electrons. The fraction of sp³-hybridized carbons (Fsp3) is 0.200. The van der Waals surface area contributed by atoms with Crippen molar-refractivity contribution in [1.29, 1.82) is 0 Å². The molecule has 0 fully saturated rings. The third-order valence-corrected chi connectivity index (χ3v) is 3.03. The summed E-state index contributed by atoms with van der Waals surface area (Å²) >= 11 is 0. The predicted molar refractivity (Wildman–Crippen MR) is 78.3 cm³/mol. The summed E-state index contributed by atoms with van der Waals surface area (Å²) in [4.78, 5) is 10.2. The smallest absolute Gasteiger partial charge is 0.269 e. The molecule has 0 atom stereocenters. The van der Waals surface area contributed by atoms with Gasteiger partial charge in [-0.25, -0.2) is 0 Å². The van der Waals surface area contributed by atoms with E-state index in [0.717, 1.165) is 11.1 Å². The number of nitrogens with two attached hydrogens (primary N) is 1. The van der Waals surface area contributed by atoms with Crippen molar-refractivity contribution >= 4 is 5.69 Å². The molecule has 0 bridgehead atoms. The SMILES string of the molecule is COc1cccc(CN)c1OCc1ccc([N+](=O)[O-])cc1. The van der Waals surface area contributed by atoms with Gasteiger partial charge in [0.1, 0.15) is 6.61 Å². The molecule has 6 nitrogen and oxygen atoms in total. The van der Waals surface area contributed by atoms with Crippen LogP contribution >= 0.6 is 0 Å². The number of rotatable bonds is 6. The molecule has 6 heteroatoms. The highest BCUT2D eigenvalue weighted by Crippen LogP contribution is 2.31. The van der Waals surface area contributed by atoms with Gasteiger partial charge in [0.05, 0.1) is 12.0 Å². The van der Waals surface area contributed by atoms with E-state index in [1.165, 1.54) is 12.1 Å². The quantitative estimate of drug-likeness (QED) is 0.652. The second-order valence-corrected chi connectivity index (χ2v) is 4.36. The molecule has 0 unspecified atom stereocenters. The van der Waals surface area contributed by atoms with Crippen molar-refractivity contribution in [2.75, 3.05) is 7.11 Å². The van der Waals surface area contributed by atoms with Gasteiger partial charge in [-0.1, -0.05) is 12.1 Å². The standard InChI is InChI=1S/C15H16N2O4/c1-20-14-4-2-3-12(9-16)15(14)21-10-11-5-7-13(8-6-11)17(18)19/h2-8H,9-10,16H2,1H3. The molecule has 0 aromatic heterocycles. The first-order valence-electron chi connectivity index (χ1n) is 6.37. The Labute approximate surface area is 122 Å². The Kier molecular flexibility index (Phi) is 4.73. The van der Waals surface area contributed by atoms with Crippen LogP contribution in [0.15, 0.2) is 42.5 Å². The number of nitro benzene ring substituents is 1. The van der Waals surface area contributed by atoms with E-state index in [-0.39, 0.29) is 12.3 Å². The van der Waals surface area contributed by atoms with E-state index >= 15 is 0 Å². The van der Waals surface area contributed by atoms with Crippen molar-refractivity contribution in [3.8, 4) is 11.5 Å². The number of hydrogen-bond donors (Lipinski definition) is 1. The summed E-state index contributed by atoms with van der Waals surface area (Å²) in [6, 6.07) is 11.7. The number of methoxy groups -OCH3 is 1. The second-order valence-electron chi connectivity index (χ2n) is 4.36. The van der Waals surface area contributed by atoms with Crippen molar-refractivity contribution < 1.29 is 14.4 Å². The van der Waals surface area contributed by atoms with E-state index in [2.05, 4.69) is 0 Å². The minimum atomic E-state index is -0.433. The van der Waals surface area contributed by atoms with Gasteiger partial charge in [0.25, 0.3) is 5.69 Å². The molecule has 2 rings (SSSR count). The lowest BCUT2D eigenvalue weighted by Gasteiger charge is -2.14. The van der Waals surface area contributed by atoms with Crippen LogP contribution in [0.4, 0.5) is 5.69 Å². The van der Waals surface area contributed by atoms with Crippen LogP contribution in [0.1, 0.15) is 11.1 Å². The van der Waals surface area contributed by atoms with Crippen LogP contribution in [0.3, 0.4) is 0 Å². The molecule has 0 radical (unpaired) electrons. The molecule has 21 heavy (non-hydrogen) atoms. The van der Waals surface area contributed by atoms with Gasteiger partial charge < -0.3 is 15.2 Å². The van der Waals surface area contributed by atoms with Gasteiger partial charge in [-0.2, -0.15) is 0 Å². The molecule has 0 saturated heterocycles. The van der Waals surface area contributed by atoms with Crippen LogP contribution in [-0.2, 0) is 13.2 Å². The zero-order chi connectivity index (χ0) is 15.2. The predicted octanol–water partition coefficient (Wildman–Crippen LogP) is 2.64. The van der Waals surface area contributed by atoms with E-state index in [0.29, 0.717) is 18.0 Å². The highest BCUT2D eigenvalue weighted by molar-refractivity contribution is 5.46. The molecule has 0 saturated carbocycles. The van der Waals surface area contributed by atoms with Gasteiger partial charge in [-0.05, 0) is 23.8 Å². The molecule has 0 heterocycles. The van der Waals surface area contributed by atoms with Crippen molar-refractivity contribution in [1.82, 2.24) is 0 Å². The lowest BCUT2D eigenvalue weighted by molar-refractivity contribution is -0.384. The van der Waals surface area contributed by atoms with Crippen molar-refractivity contribution in [3.63, 3.8) is 0 Å². The summed E-state index contributed by atoms with van der Waals surface area (Å²) in [5, 5.41) is 10.6. The number of benzene rings is 2. The van der Waals surface area contributed by atoms with E-state index in [1.54, 1.807) is 25.3 Å². The zero-order valence-electron chi connectivity index (χ0n) is 11.6. The maximum Gasteiger partial charge on any atom is 0.269 e. The molecule has 2 aromatic rings. The lowest BCUT2D eigenvalue weighted by Crippen LogP contribution is -2.04. The Morgan fingerprint density at radius 1 is 1.19 bits per heavy atom. The topological polar surface area (TPSA) is 87.6 Å². The minimum Gasteiger partial charge on any atom is -0.493 e. The Balaban J connectivity index is 2.14. The number of para-hydroxylation sites is 1. The molecular weight excluding hydrogens is 272 g/mol. The highest BCUT2D eigenvalue weighted by Gasteiger charge is 2.10. The van der Waals surface area contributed by atoms with Crippen LogP contribution in [0.25, 0.3) is 0 Å². The Morgan fingerprint density at radius 3 is 2.48 bits per heavy atom. The summed E-state index contributed by atoms with van der Waals surface area (Å²) in [6.07, 6.45) is 0. The van der Waals surface area contributed by atoms with E-state index in [4.69, 9.17) is 15.2 Å². The van der Waals surface area contributed by atoms with Gasteiger partial charge in [0.15, 0.2) is 11.5 Å². The van der Waals surface area contributed by atoms with Gasteiger partial charge in [0.2, 0.25) is 0 Å². The van der Waals surface area contributed by atoms with Crippen LogP contribution in [-0.4, -0.2) is 12.0 Å². The summed E-state index contributed by atoms with van der Waals surface area (Å²) in [5.41, 5.74) is 7.41. The highest BCUT2D eigenvalue weighted by atomic mass is 16.6. The number of nitro groups is 1. The Morgan fingerprint density at radius 2 is 1.90 bits per heavy atom. The number of ether oxygens (including phenoxy) is 2. The average Bonchev–Trinajstić information content (AvgIpc) is 2.52. The monoisotopic (exact) mass is 288 g/mol. The van der Waals surface area contributed by atoms with E-state index in [1.807, 2.05) is 12.1 Å². The van der Waals surface area contributed by atoms with E-state index < -0.39 is 4.92 Å². The maximum absolute atomic E-state index is 10.6. The van der Waals surface area contributed by atoms with Crippen LogP contribution in [0.2, 0.25) is 0 Å². The molecule has 2 aromatic carbocycles. The van der Waals surface area contributed by atoms with Crippen LogP contribution < -0.4 is 15.2 Å². The number of non-ortho nitro benzene ring substituents is 1. The molecule has 0 spiro atoms. The van der Waals surface area contributed by atoms with Gasteiger partial charge in [-0.15, -0.1) is 0 Å².